The van der Waals surface area contributed by atoms with Gasteiger partial charge in [-0.1, -0.05) is 58.0 Å². The van der Waals surface area contributed by atoms with E-state index in [1.165, 1.54) is 0 Å². The number of benzene rings is 1. The summed E-state index contributed by atoms with van der Waals surface area (Å²) >= 11 is 0. The summed E-state index contributed by atoms with van der Waals surface area (Å²) in [5.74, 6) is -0.861. The van der Waals surface area contributed by atoms with Gasteiger partial charge in [-0.2, -0.15) is 0 Å². The number of amides is 2. The number of hydrogen-bond donors (Lipinski definition) is 3. The maximum Gasteiger partial charge on any atom is 0.222 e. The third-order valence-corrected chi connectivity index (χ3v) is 5.65. The maximum absolute atomic E-state index is 12.7. The first-order chi connectivity index (χ1) is 14.8. The van der Waals surface area contributed by atoms with Gasteiger partial charge in [0.15, 0.2) is 0 Å². The predicted molar refractivity (Wildman–Crippen MR) is 126 cm³/mol. The Morgan fingerprint density at radius 2 is 1.71 bits per heavy atom. The van der Waals surface area contributed by atoms with E-state index in [1.54, 1.807) is 0 Å². The van der Waals surface area contributed by atoms with Crippen molar-refractivity contribution in [3.63, 3.8) is 0 Å². The van der Waals surface area contributed by atoms with E-state index in [4.69, 9.17) is 5.73 Å². The number of hydrogen-bond acceptors (Lipinski definition) is 4. The van der Waals surface area contributed by atoms with Crippen LogP contribution in [-0.4, -0.2) is 47.6 Å². The highest BCUT2D eigenvalue weighted by Gasteiger charge is 2.33. The van der Waals surface area contributed by atoms with Gasteiger partial charge in [0.25, 0.3) is 0 Å². The third-order valence-electron chi connectivity index (χ3n) is 5.65. The van der Waals surface area contributed by atoms with Gasteiger partial charge in [-0.25, -0.2) is 0 Å². The molecule has 1 aromatic carbocycles. The monoisotopic (exact) mass is 433 g/mol. The van der Waals surface area contributed by atoms with Crippen LogP contribution in [0.25, 0.3) is 0 Å². The zero-order chi connectivity index (χ0) is 23.2. The average molecular weight is 434 g/mol. The summed E-state index contributed by atoms with van der Waals surface area (Å²) in [7, 11) is 0. The van der Waals surface area contributed by atoms with Crippen molar-refractivity contribution in [1.82, 2.24) is 10.2 Å². The van der Waals surface area contributed by atoms with E-state index in [1.807, 2.05) is 35.2 Å². The second-order valence-electron chi connectivity index (χ2n) is 8.91. The SMILES string of the molecule is CCCN(CCC)C(=O)CCC(C(N)=O)[C@H](CC(C)C)[C@@H](O)CNCc1ccccc1. The molecule has 3 atom stereocenters. The number of carbonyl (C=O) groups excluding carboxylic acids is 2. The highest BCUT2D eigenvalue weighted by molar-refractivity contribution is 5.79. The van der Waals surface area contributed by atoms with Gasteiger partial charge in [0.2, 0.25) is 11.8 Å². The molecule has 2 amide bonds. The fourth-order valence-corrected chi connectivity index (χ4v) is 4.15. The van der Waals surface area contributed by atoms with E-state index in [-0.39, 0.29) is 18.2 Å². The van der Waals surface area contributed by atoms with Crippen molar-refractivity contribution < 1.29 is 14.7 Å². The lowest BCUT2D eigenvalue weighted by Gasteiger charge is -2.31. The minimum atomic E-state index is -0.707. The van der Waals surface area contributed by atoms with Crippen LogP contribution < -0.4 is 11.1 Å². The van der Waals surface area contributed by atoms with Gasteiger partial charge < -0.3 is 21.1 Å². The van der Waals surface area contributed by atoms with Crippen LogP contribution in [0, 0.1) is 17.8 Å². The minimum Gasteiger partial charge on any atom is -0.391 e. The molecule has 0 fully saturated rings. The third kappa shape index (κ3) is 10.3. The number of nitrogens with two attached hydrogens (primary N) is 1. The Labute approximate surface area is 188 Å². The quantitative estimate of drug-likeness (QED) is 0.373. The number of aliphatic hydroxyl groups is 1. The fourth-order valence-electron chi connectivity index (χ4n) is 4.15. The number of primary amides is 1. The van der Waals surface area contributed by atoms with Crippen molar-refractivity contribution in [2.24, 2.45) is 23.5 Å². The van der Waals surface area contributed by atoms with Crippen molar-refractivity contribution >= 4 is 11.8 Å². The first-order valence-corrected chi connectivity index (χ1v) is 11.8. The molecule has 1 aromatic rings. The van der Waals surface area contributed by atoms with Crippen LogP contribution >= 0.6 is 0 Å². The van der Waals surface area contributed by atoms with E-state index in [2.05, 4.69) is 33.0 Å². The number of nitrogens with zero attached hydrogens (tertiary/aromatic N) is 1. The van der Waals surface area contributed by atoms with Crippen LogP contribution in [0.1, 0.15) is 65.4 Å². The molecule has 0 saturated carbocycles. The first kappa shape index (κ1) is 27.1. The van der Waals surface area contributed by atoms with Crippen molar-refractivity contribution in [2.45, 2.75) is 72.4 Å². The fraction of sp³-hybridized carbons (Fsp3) is 0.680. The Hall–Kier alpha value is -1.92. The molecular formula is C25H43N3O3. The van der Waals surface area contributed by atoms with Crippen molar-refractivity contribution in [3.8, 4) is 0 Å². The molecule has 4 N–H and O–H groups in total. The first-order valence-electron chi connectivity index (χ1n) is 11.8. The molecule has 0 aromatic heterocycles. The van der Waals surface area contributed by atoms with E-state index in [0.29, 0.717) is 31.8 Å². The van der Waals surface area contributed by atoms with Crippen LogP contribution in [0.5, 0.6) is 0 Å². The molecule has 0 radical (unpaired) electrons. The molecule has 0 aliphatic heterocycles. The standard InChI is InChI=1S/C25H43N3O3/c1-5-14-28(15-6-2)24(30)13-12-21(25(26)31)22(16-19(3)4)23(29)18-27-17-20-10-8-7-9-11-20/h7-11,19,21-23,27,29H,5-6,12-18H2,1-4H3,(H2,26,31)/t21?,22-,23-/m0/s1. The molecular weight excluding hydrogens is 390 g/mol. The largest absolute Gasteiger partial charge is 0.391 e. The Kier molecular flexibility index (Phi) is 13.1. The molecule has 1 unspecified atom stereocenters. The summed E-state index contributed by atoms with van der Waals surface area (Å²) in [5, 5.41) is 14.2. The zero-order valence-electron chi connectivity index (χ0n) is 19.8. The van der Waals surface area contributed by atoms with Crippen LogP contribution in [0.2, 0.25) is 0 Å². The second-order valence-corrected chi connectivity index (χ2v) is 8.91. The van der Waals surface area contributed by atoms with Gasteiger partial charge in [0.1, 0.15) is 0 Å². The lowest BCUT2D eigenvalue weighted by Crippen LogP contribution is -2.42. The van der Waals surface area contributed by atoms with Crippen molar-refractivity contribution in [2.75, 3.05) is 19.6 Å². The normalized spacial score (nSPS) is 14.3. The van der Waals surface area contributed by atoms with Gasteiger partial charge in [-0.15, -0.1) is 0 Å². The van der Waals surface area contributed by atoms with Gasteiger partial charge in [0.05, 0.1) is 6.10 Å². The topological polar surface area (TPSA) is 95.7 Å². The summed E-state index contributed by atoms with van der Waals surface area (Å²) in [4.78, 5) is 26.9. The average Bonchev–Trinajstić information content (AvgIpc) is 2.73. The Morgan fingerprint density at radius 1 is 1.10 bits per heavy atom. The predicted octanol–water partition coefficient (Wildman–Crippen LogP) is 3.33. The van der Waals surface area contributed by atoms with Crippen LogP contribution in [0.15, 0.2) is 30.3 Å². The molecule has 0 heterocycles. The number of rotatable bonds is 16. The molecule has 176 valence electrons. The van der Waals surface area contributed by atoms with E-state index in [9.17, 15) is 14.7 Å². The molecule has 1 rings (SSSR count). The summed E-state index contributed by atoms with van der Waals surface area (Å²) in [6.07, 6.45) is 2.46. The Morgan fingerprint density at radius 3 is 2.23 bits per heavy atom. The molecule has 0 aliphatic carbocycles. The summed E-state index contributed by atoms with van der Waals surface area (Å²) in [6.45, 7) is 10.7. The second kappa shape index (κ2) is 15.0. The maximum atomic E-state index is 12.7. The zero-order valence-corrected chi connectivity index (χ0v) is 19.8. The Bertz CT molecular complexity index is 630. The van der Waals surface area contributed by atoms with E-state index in [0.717, 1.165) is 31.5 Å². The molecule has 6 heteroatoms. The number of nitrogens with one attached hydrogen (secondary N) is 1. The van der Waals surface area contributed by atoms with E-state index < -0.39 is 17.9 Å². The van der Waals surface area contributed by atoms with Gasteiger partial charge >= 0.3 is 0 Å². The summed E-state index contributed by atoms with van der Waals surface area (Å²) in [6, 6.07) is 9.99. The van der Waals surface area contributed by atoms with Gasteiger partial charge in [0, 0.05) is 38.5 Å². The molecule has 31 heavy (non-hydrogen) atoms. The summed E-state index contributed by atoms with van der Waals surface area (Å²) < 4.78 is 0. The summed E-state index contributed by atoms with van der Waals surface area (Å²) in [5.41, 5.74) is 6.89. The molecule has 0 saturated heterocycles. The highest BCUT2D eigenvalue weighted by Crippen LogP contribution is 2.28. The smallest absolute Gasteiger partial charge is 0.222 e. The van der Waals surface area contributed by atoms with Gasteiger partial charge in [-0.05, 0) is 43.1 Å². The lowest BCUT2D eigenvalue weighted by atomic mass is 9.78. The number of carbonyl (C=O) groups is 2. The molecule has 0 bridgehead atoms. The van der Waals surface area contributed by atoms with Crippen LogP contribution in [0.4, 0.5) is 0 Å². The molecule has 6 nitrogen and oxygen atoms in total. The van der Waals surface area contributed by atoms with E-state index >= 15 is 0 Å². The number of aliphatic hydroxyl groups excluding tert-OH is 1. The van der Waals surface area contributed by atoms with Crippen molar-refractivity contribution in [3.05, 3.63) is 35.9 Å². The molecule has 0 aliphatic rings. The van der Waals surface area contributed by atoms with Crippen LogP contribution in [-0.2, 0) is 16.1 Å². The highest BCUT2D eigenvalue weighted by atomic mass is 16.3. The molecule has 0 spiro atoms. The Balaban J connectivity index is 2.77. The minimum absolute atomic E-state index is 0.0648. The van der Waals surface area contributed by atoms with Crippen molar-refractivity contribution in [1.29, 1.82) is 0 Å². The van der Waals surface area contributed by atoms with Gasteiger partial charge in [-0.3, -0.25) is 9.59 Å². The lowest BCUT2D eigenvalue weighted by molar-refractivity contribution is -0.132. The van der Waals surface area contributed by atoms with Crippen LogP contribution in [0.3, 0.4) is 0 Å².